The van der Waals surface area contributed by atoms with Crippen molar-refractivity contribution >= 4 is 16.9 Å². The second kappa shape index (κ2) is 11.2. The molecule has 7 nitrogen and oxygen atoms in total. The van der Waals surface area contributed by atoms with Gasteiger partial charge in [0, 0.05) is 20.1 Å². The molecule has 1 heterocycles. The van der Waals surface area contributed by atoms with Crippen molar-refractivity contribution in [2.24, 2.45) is 0 Å². The molecule has 0 unspecified atom stereocenters. The fraction of sp³-hybridized carbons (Fsp3) is 0.333. The number of nitrogens with one attached hydrogen (secondary N) is 1. The van der Waals surface area contributed by atoms with Crippen LogP contribution in [0.3, 0.4) is 0 Å². The van der Waals surface area contributed by atoms with E-state index in [2.05, 4.69) is 16.5 Å². The van der Waals surface area contributed by atoms with E-state index in [9.17, 15) is 4.79 Å². The Hall–Kier alpha value is -3.32. The predicted molar refractivity (Wildman–Crippen MR) is 121 cm³/mol. The van der Waals surface area contributed by atoms with Crippen LogP contribution in [0.2, 0.25) is 0 Å². The number of carbonyl (C=O) groups excluding carboxylic acids is 1. The molecule has 1 N–H and O–H groups in total. The van der Waals surface area contributed by atoms with Gasteiger partial charge in [-0.15, -0.1) is 6.58 Å². The monoisotopic (exact) mass is 423 g/mol. The highest BCUT2D eigenvalue weighted by Crippen LogP contribution is 2.28. The molecule has 0 fully saturated rings. The van der Waals surface area contributed by atoms with Gasteiger partial charge in [-0.2, -0.15) is 0 Å². The number of rotatable bonds is 12. The summed E-state index contributed by atoms with van der Waals surface area (Å²) in [5, 5.41) is 2.84. The van der Waals surface area contributed by atoms with Gasteiger partial charge >= 0.3 is 0 Å². The number of para-hydroxylation sites is 2. The number of fused-ring (bicyclic) bond motifs is 1. The summed E-state index contributed by atoms with van der Waals surface area (Å²) in [5.41, 5.74) is 3.09. The first-order chi connectivity index (χ1) is 15.2. The van der Waals surface area contributed by atoms with Crippen molar-refractivity contribution in [1.82, 2.24) is 14.9 Å². The largest absolute Gasteiger partial charge is 0.493 e. The van der Waals surface area contributed by atoms with Gasteiger partial charge in [0.25, 0.3) is 0 Å². The lowest BCUT2D eigenvalue weighted by Crippen LogP contribution is -2.29. The second-order valence-electron chi connectivity index (χ2n) is 7.03. The Balaban J connectivity index is 1.69. The minimum absolute atomic E-state index is 0.0533. The van der Waals surface area contributed by atoms with Crippen LogP contribution in [0.1, 0.15) is 11.4 Å². The molecule has 1 amide bonds. The maximum Gasteiger partial charge on any atom is 0.245 e. The molecule has 0 radical (unpaired) electrons. The van der Waals surface area contributed by atoms with Gasteiger partial charge in [0.15, 0.2) is 11.5 Å². The SMILES string of the molecule is C=CCc1ccc(OCCn2c(CCNC(=O)COC)nc3ccccc32)c(OC)c1. The van der Waals surface area contributed by atoms with Crippen molar-refractivity contribution < 1.29 is 19.0 Å². The van der Waals surface area contributed by atoms with Gasteiger partial charge in [-0.25, -0.2) is 4.98 Å². The number of imidazole rings is 1. The zero-order chi connectivity index (χ0) is 22.1. The molecule has 0 aliphatic heterocycles. The molecule has 2 aromatic carbocycles. The molecule has 0 aliphatic carbocycles. The minimum Gasteiger partial charge on any atom is -0.493 e. The Bertz CT molecular complexity index is 1030. The van der Waals surface area contributed by atoms with Crippen molar-refractivity contribution in [3.05, 3.63) is 66.5 Å². The summed E-state index contributed by atoms with van der Waals surface area (Å²) in [6, 6.07) is 13.9. The molecule has 0 saturated carbocycles. The highest BCUT2D eigenvalue weighted by atomic mass is 16.5. The maximum absolute atomic E-state index is 11.6. The van der Waals surface area contributed by atoms with E-state index in [1.807, 2.05) is 48.5 Å². The Labute approximate surface area is 182 Å². The first kappa shape index (κ1) is 22.4. The molecular weight excluding hydrogens is 394 g/mol. The highest BCUT2D eigenvalue weighted by molar-refractivity contribution is 5.77. The first-order valence-corrected chi connectivity index (χ1v) is 10.3. The number of nitrogens with zero attached hydrogens (tertiary/aromatic N) is 2. The van der Waals surface area contributed by atoms with Crippen molar-refractivity contribution in [2.45, 2.75) is 19.4 Å². The van der Waals surface area contributed by atoms with Gasteiger partial charge in [-0.05, 0) is 36.2 Å². The van der Waals surface area contributed by atoms with Crippen molar-refractivity contribution in [3.63, 3.8) is 0 Å². The average molecular weight is 424 g/mol. The number of methoxy groups -OCH3 is 2. The molecule has 0 spiro atoms. The van der Waals surface area contributed by atoms with Crippen LogP contribution in [0.5, 0.6) is 11.5 Å². The lowest BCUT2D eigenvalue weighted by Gasteiger charge is -2.14. The predicted octanol–water partition coefficient (Wildman–Crippen LogP) is 3.16. The zero-order valence-electron chi connectivity index (χ0n) is 18.1. The molecular formula is C24H29N3O4. The Morgan fingerprint density at radius 1 is 1.19 bits per heavy atom. The number of hydrogen-bond donors (Lipinski definition) is 1. The van der Waals surface area contributed by atoms with Crippen LogP contribution in [0.4, 0.5) is 0 Å². The summed E-state index contributed by atoms with van der Waals surface area (Å²) in [4.78, 5) is 16.4. The van der Waals surface area contributed by atoms with Crippen LogP contribution in [-0.4, -0.2) is 49.4 Å². The normalized spacial score (nSPS) is 10.8. The molecule has 0 atom stereocenters. The number of ether oxygens (including phenoxy) is 3. The average Bonchev–Trinajstić information content (AvgIpc) is 3.12. The molecule has 7 heteroatoms. The second-order valence-corrected chi connectivity index (χ2v) is 7.03. The summed E-state index contributed by atoms with van der Waals surface area (Å²) in [7, 11) is 3.14. The number of benzene rings is 2. The van der Waals surface area contributed by atoms with E-state index in [1.54, 1.807) is 7.11 Å². The van der Waals surface area contributed by atoms with Crippen LogP contribution >= 0.6 is 0 Å². The molecule has 0 bridgehead atoms. The number of aromatic nitrogens is 2. The van der Waals surface area contributed by atoms with Crippen molar-refractivity contribution in [2.75, 3.05) is 34.0 Å². The van der Waals surface area contributed by atoms with Crippen LogP contribution in [0, 0.1) is 0 Å². The van der Waals surface area contributed by atoms with E-state index in [1.165, 1.54) is 7.11 Å². The third-order valence-electron chi connectivity index (χ3n) is 4.86. The number of hydrogen-bond acceptors (Lipinski definition) is 5. The molecule has 3 rings (SSSR count). The molecule has 0 aliphatic rings. The summed E-state index contributed by atoms with van der Waals surface area (Å²) in [5.74, 6) is 2.17. The Kier molecular flexibility index (Phi) is 8.06. The van der Waals surface area contributed by atoms with E-state index in [0.717, 1.165) is 28.8 Å². The minimum atomic E-state index is -0.138. The summed E-state index contributed by atoms with van der Waals surface area (Å²) >= 11 is 0. The maximum atomic E-state index is 11.6. The molecule has 164 valence electrons. The zero-order valence-corrected chi connectivity index (χ0v) is 18.1. The molecule has 0 saturated heterocycles. The number of allylic oxidation sites excluding steroid dienone is 1. The Morgan fingerprint density at radius 3 is 2.81 bits per heavy atom. The number of amides is 1. The third kappa shape index (κ3) is 5.86. The lowest BCUT2D eigenvalue weighted by atomic mass is 10.1. The first-order valence-electron chi connectivity index (χ1n) is 10.3. The van der Waals surface area contributed by atoms with Crippen molar-refractivity contribution in [3.8, 4) is 11.5 Å². The third-order valence-corrected chi connectivity index (χ3v) is 4.86. The standard InChI is InChI=1S/C24H29N3O4/c1-4-7-18-10-11-21(22(16-18)30-3)31-15-14-27-20-9-6-5-8-19(20)26-23(27)12-13-25-24(28)17-29-2/h4-6,8-11,16H,1,7,12-15,17H2,2-3H3,(H,25,28). The highest BCUT2D eigenvalue weighted by Gasteiger charge is 2.12. The van der Waals surface area contributed by atoms with E-state index in [0.29, 0.717) is 37.6 Å². The van der Waals surface area contributed by atoms with Crippen LogP contribution < -0.4 is 14.8 Å². The van der Waals surface area contributed by atoms with Crippen LogP contribution in [-0.2, 0) is 28.9 Å². The summed E-state index contributed by atoms with van der Waals surface area (Å²) in [6.07, 6.45) is 3.25. The summed E-state index contributed by atoms with van der Waals surface area (Å²) in [6.45, 7) is 5.40. The van der Waals surface area contributed by atoms with E-state index in [4.69, 9.17) is 19.2 Å². The van der Waals surface area contributed by atoms with Gasteiger partial charge in [-0.1, -0.05) is 24.3 Å². The molecule has 3 aromatic rings. The number of carbonyl (C=O) groups is 1. The fourth-order valence-corrected chi connectivity index (χ4v) is 3.43. The van der Waals surface area contributed by atoms with Crippen molar-refractivity contribution in [1.29, 1.82) is 0 Å². The van der Waals surface area contributed by atoms with Gasteiger partial charge < -0.3 is 24.1 Å². The van der Waals surface area contributed by atoms with E-state index >= 15 is 0 Å². The smallest absolute Gasteiger partial charge is 0.245 e. The van der Waals surface area contributed by atoms with Gasteiger partial charge in [-0.3, -0.25) is 4.79 Å². The fourth-order valence-electron chi connectivity index (χ4n) is 3.43. The topological polar surface area (TPSA) is 74.6 Å². The lowest BCUT2D eigenvalue weighted by molar-refractivity contribution is -0.124. The van der Waals surface area contributed by atoms with Gasteiger partial charge in [0.05, 0.1) is 24.7 Å². The van der Waals surface area contributed by atoms with E-state index in [-0.39, 0.29) is 12.5 Å². The van der Waals surface area contributed by atoms with Crippen LogP contribution in [0.15, 0.2) is 55.1 Å². The van der Waals surface area contributed by atoms with Gasteiger partial charge in [0.1, 0.15) is 19.0 Å². The Morgan fingerprint density at radius 2 is 2.03 bits per heavy atom. The quantitative estimate of drug-likeness (QED) is 0.453. The van der Waals surface area contributed by atoms with Crippen LogP contribution in [0.25, 0.3) is 11.0 Å². The molecule has 1 aromatic heterocycles. The summed E-state index contributed by atoms with van der Waals surface area (Å²) < 4.78 is 18.5. The van der Waals surface area contributed by atoms with E-state index < -0.39 is 0 Å². The molecule has 31 heavy (non-hydrogen) atoms. The van der Waals surface area contributed by atoms with Gasteiger partial charge in [0.2, 0.25) is 5.91 Å².